The van der Waals surface area contributed by atoms with Gasteiger partial charge in [0.25, 0.3) is 10.0 Å². The quantitative estimate of drug-likeness (QED) is 0.779. The Hall–Kier alpha value is -2.31. The lowest BCUT2D eigenvalue weighted by Gasteiger charge is -2.08. The van der Waals surface area contributed by atoms with Gasteiger partial charge in [-0.15, -0.1) is 0 Å². The summed E-state index contributed by atoms with van der Waals surface area (Å²) in [7, 11) is -2.12. The number of rotatable bonds is 5. The van der Waals surface area contributed by atoms with Crippen LogP contribution in [0.15, 0.2) is 59.6 Å². The van der Waals surface area contributed by atoms with Crippen molar-refractivity contribution in [3.05, 3.63) is 60.3 Å². The monoisotopic (exact) mass is 330 g/mol. The number of para-hydroxylation sites is 1. The van der Waals surface area contributed by atoms with Crippen LogP contribution in [-0.4, -0.2) is 26.0 Å². The summed E-state index contributed by atoms with van der Waals surface area (Å²) < 4.78 is 32.3. The van der Waals surface area contributed by atoms with Crippen LogP contribution in [0, 0.1) is 0 Å². The van der Waals surface area contributed by atoms with Crippen LogP contribution in [0.1, 0.15) is 5.56 Å². The van der Waals surface area contributed by atoms with Gasteiger partial charge >= 0.3 is 0 Å². The standard InChI is InChI=1S/C17H18N2O3S/c1-22-14-6-8-15(9-7-14)23(20,21)19-12-13(10-11-18)16-4-2-3-5-17(16)19/h2-9,12H,10-11,18H2,1H3. The summed E-state index contributed by atoms with van der Waals surface area (Å²) in [4.78, 5) is 0.221. The molecule has 2 N–H and O–H groups in total. The Morgan fingerprint density at radius 3 is 2.43 bits per heavy atom. The molecule has 0 saturated heterocycles. The SMILES string of the molecule is COc1ccc(S(=O)(=O)n2cc(CCN)c3ccccc32)cc1. The lowest BCUT2D eigenvalue weighted by Crippen LogP contribution is -2.12. The lowest BCUT2D eigenvalue weighted by atomic mass is 10.1. The Bertz CT molecular complexity index is 928. The van der Waals surface area contributed by atoms with E-state index in [1.165, 1.54) is 3.97 Å². The Balaban J connectivity index is 2.17. The van der Waals surface area contributed by atoms with Crippen LogP contribution in [0.4, 0.5) is 0 Å². The zero-order valence-electron chi connectivity index (χ0n) is 12.8. The normalized spacial score (nSPS) is 11.7. The summed E-state index contributed by atoms with van der Waals surface area (Å²) in [6, 6.07) is 13.8. The third-order valence-electron chi connectivity index (χ3n) is 3.79. The van der Waals surface area contributed by atoms with Crippen LogP contribution >= 0.6 is 0 Å². The topological polar surface area (TPSA) is 74.3 Å². The predicted octanol–water partition coefficient (Wildman–Crippen LogP) is 2.39. The fourth-order valence-corrected chi connectivity index (χ4v) is 4.02. The second kappa shape index (κ2) is 6.06. The average molecular weight is 330 g/mol. The highest BCUT2D eigenvalue weighted by atomic mass is 32.2. The Kier molecular flexibility index (Phi) is 4.11. The highest BCUT2D eigenvalue weighted by molar-refractivity contribution is 7.90. The Morgan fingerprint density at radius 1 is 1.09 bits per heavy atom. The number of aromatic nitrogens is 1. The second-order valence-electron chi connectivity index (χ2n) is 5.19. The summed E-state index contributed by atoms with van der Waals surface area (Å²) >= 11 is 0. The molecule has 120 valence electrons. The average Bonchev–Trinajstić information content (AvgIpc) is 2.95. The molecule has 0 fully saturated rings. The molecule has 0 amide bonds. The van der Waals surface area contributed by atoms with E-state index >= 15 is 0 Å². The van der Waals surface area contributed by atoms with Crippen molar-refractivity contribution < 1.29 is 13.2 Å². The van der Waals surface area contributed by atoms with Crippen molar-refractivity contribution in [2.24, 2.45) is 5.73 Å². The van der Waals surface area contributed by atoms with Gasteiger partial charge in [0.1, 0.15) is 5.75 Å². The molecule has 0 spiro atoms. The summed E-state index contributed by atoms with van der Waals surface area (Å²) in [5.74, 6) is 0.616. The highest BCUT2D eigenvalue weighted by Crippen LogP contribution is 2.27. The first-order valence-electron chi connectivity index (χ1n) is 7.26. The smallest absolute Gasteiger partial charge is 0.268 e. The second-order valence-corrected chi connectivity index (χ2v) is 7.00. The fourth-order valence-electron chi connectivity index (χ4n) is 2.63. The minimum Gasteiger partial charge on any atom is -0.497 e. The minimum atomic E-state index is -3.67. The molecule has 1 aromatic heterocycles. The zero-order valence-corrected chi connectivity index (χ0v) is 13.6. The predicted molar refractivity (Wildman–Crippen MR) is 90.3 cm³/mol. The van der Waals surface area contributed by atoms with E-state index in [2.05, 4.69) is 0 Å². The summed E-state index contributed by atoms with van der Waals surface area (Å²) in [5, 5.41) is 0.912. The Labute approximate surface area is 135 Å². The van der Waals surface area contributed by atoms with Crippen molar-refractivity contribution in [3.63, 3.8) is 0 Å². The van der Waals surface area contributed by atoms with Gasteiger partial charge in [0, 0.05) is 11.6 Å². The van der Waals surface area contributed by atoms with Crippen LogP contribution < -0.4 is 10.5 Å². The molecular weight excluding hydrogens is 312 g/mol. The van der Waals surface area contributed by atoms with E-state index in [-0.39, 0.29) is 4.90 Å². The summed E-state index contributed by atoms with van der Waals surface area (Å²) in [6.45, 7) is 0.469. The van der Waals surface area contributed by atoms with Crippen LogP contribution in [0.2, 0.25) is 0 Å². The van der Waals surface area contributed by atoms with Crippen LogP contribution in [-0.2, 0) is 16.4 Å². The van der Waals surface area contributed by atoms with Crippen molar-refractivity contribution >= 4 is 20.9 Å². The lowest BCUT2D eigenvalue weighted by molar-refractivity contribution is 0.414. The molecule has 0 bridgehead atoms. The summed E-state index contributed by atoms with van der Waals surface area (Å²) in [5.41, 5.74) is 7.23. The van der Waals surface area contributed by atoms with Crippen molar-refractivity contribution in [1.29, 1.82) is 0 Å². The molecule has 0 saturated carbocycles. The number of nitrogens with zero attached hydrogens (tertiary/aromatic N) is 1. The van der Waals surface area contributed by atoms with Gasteiger partial charge in [-0.25, -0.2) is 12.4 Å². The third-order valence-corrected chi connectivity index (χ3v) is 5.48. The number of methoxy groups -OCH3 is 1. The first-order chi connectivity index (χ1) is 11.1. The maximum absolute atomic E-state index is 13.0. The van der Waals surface area contributed by atoms with Gasteiger partial charge in [0.2, 0.25) is 0 Å². The van der Waals surface area contributed by atoms with E-state index in [1.54, 1.807) is 43.6 Å². The van der Waals surface area contributed by atoms with E-state index in [0.29, 0.717) is 24.2 Å². The van der Waals surface area contributed by atoms with Gasteiger partial charge < -0.3 is 10.5 Å². The largest absolute Gasteiger partial charge is 0.497 e. The van der Waals surface area contributed by atoms with E-state index in [0.717, 1.165) is 10.9 Å². The fraction of sp³-hybridized carbons (Fsp3) is 0.176. The molecule has 0 aliphatic carbocycles. The molecular formula is C17H18N2O3S. The van der Waals surface area contributed by atoms with Gasteiger partial charge in [-0.2, -0.15) is 0 Å². The third kappa shape index (κ3) is 2.71. The van der Waals surface area contributed by atoms with Crippen LogP contribution in [0.5, 0.6) is 5.75 Å². The van der Waals surface area contributed by atoms with Gasteiger partial charge in [0.15, 0.2) is 0 Å². The number of hydrogen-bond donors (Lipinski definition) is 1. The molecule has 0 radical (unpaired) electrons. The van der Waals surface area contributed by atoms with Gasteiger partial charge in [-0.05, 0) is 48.9 Å². The number of nitrogens with two attached hydrogens (primary N) is 1. The molecule has 1 heterocycles. The van der Waals surface area contributed by atoms with Gasteiger partial charge in [-0.3, -0.25) is 0 Å². The molecule has 5 nitrogen and oxygen atoms in total. The Morgan fingerprint density at radius 2 is 1.78 bits per heavy atom. The van der Waals surface area contributed by atoms with E-state index < -0.39 is 10.0 Å². The van der Waals surface area contributed by atoms with Crippen molar-refractivity contribution in [2.75, 3.05) is 13.7 Å². The highest BCUT2D eigenvalue weighted by Gasteiger charge is 2.20. The van der Waals surface area contributed by atoms with Crippen molar-refractivity contribution in [1.82, 2.24) is 3.97 Å². The van der Waals surface area contributed by atoms with Gasteiger partial charge in [0.05, 0.1) is 17.5 Å². The van der Waals surface area contributed by atoms with E-state index in [9.17, 15) is 8.42 Å². The van der Waals surface area contributed by atoms with Crippen LogP contribution in [0.3, 0.4) is 0 Å². The number of hydrogen-bond acceptors (Lipinski definition) is 4. The van der Waals surface area contributed by atoms with E-state index in [1.807, 2.05) is 18.2 Å². The van der Waals surface area contributed by atoms with E-state index in [4.69, 9.17) is 10.5 Å². The molecule has 3 aromatic rings. The zero-order chi connectivity index (χ0) is 16.4. The molecule has 0 atom stereocenters. The van der Waals surface area contributed by atoms with Crippen LogP contribution in [0.25, 0.3) is 10.9 Å². The molecule has 3 rings (SSSR count). The van der Waals surface area contributed by atoms with Gasteiger partial charge in [-0.1, -0.05) is 18.2 Å². The molecule has 0 aliphatic rings. The molecule has 2 aromatic carbocycles. The van der Waals surface area contributed by atoms with Crippen molar-refractivity contribution in [3.8, 4) is 5.75 Å². The molecule has 23 heavy (non-hydrogen) atoms. The first kappa shape index (κ1) is 15.6. The molecule has 0 aliphatic heterocycles. The first-order valence-corrected chi connectivity index (χ1v) is 8.70. The number of benzene rings is 2. The maximum Gasteiger partial charge on any atom is 0.268 e. The summed E-state index contributed by atoms with van der Waals surface area (Å²) in [6.07, 6.45) is 2.29. The number of fused-ring (bicyclic) bond motifs is 1. The minimum absolute atomic E-state index is 0.221. The number of ether oxygens (including phenoxy) is 1. The maximum atomic E-state index is 13.0. The molecule has 0 unspecified atom stereocenters. The van der Waals surface area contributed by atoms with Crippen molar-refractivity contribution in [2.45, 2.75) is 11.3 Å². The molecule has 6 heteroatoms.